The normalized spacial score (nSPS) is 25.2. The molecule has 0 radical (unpaired) electrons. The van der Waals surface area contributed by atoms with Crippen LogP contribution >= 0.6 is 0 Å². The fourth-order valence-electron chi connectivity index (χ4n) is 2.77. The summed E-state index contributed by atoms with van der Waals surface area (Å²) in [6.07, 6.45) is 1.73. The molecule has 1 aliphatic rings. The van der Waals surface area contributed by atoms with Crippen molar-refractivity contribution < 1.29 is 0 Å². The first-order valence-electron chi connectivity index (χ1n) is 7.32. The summed E-state index contributed by atoms with van der Waals surface area (Å²) in [6, 6.07) is 5.19. The van der Waals surface area contributed by atoms with Gasteiger partial charge in [-0.05, 0) is 24.0 Å². The van der Waals surface area contributed by atoms with E-state index >= 15 is 0 Å². The van der Waals surface area contributed by atoms with Gasteiger partial charge < -0.3 is 5.32 Å². The monoisotopic (exact) mass is 262 g/mol. The van der Waals surface area contributed by atoms with Crippen LogP contribution in [0.5, 0.6) is 0 Å². The lowest BCUT2D eigenvalue weighted by molar-refractivity contribution is 0.0770. The molecule has 2 unspecified atom stereocenters. The number of hydrogen-bond donors (Lipinski definition) is 1. The summed E-state index contributed by atoms with van der Waals surface area (Å²) < 4.78 is 0. The second kappa shape index (κ2) is 6.44. The zero-order valence-corrected chi connectivity index (χ0v) is 12.5. The van der Waals surface area contributed by atoms with E-state index in [-0.39, 0.29) is 0 Å². The molecule has 4 nitrogen and oxygen atoms in total. The highest BCUT2D eigenvalue weighted by molar-refractivity contribution is 5.01. The standard InChI is InChI=1S/C15H26N4/c1-11(2)14-10-19(15(8-16-14)12(3)4)9-13-6-5-7-17-18-13/h5-7,11-12,14-16H,8-10H2,1-4H3. The fraction of sp³-hybridized carbons (Fsp3) is 0.733. The van der Waals surface area contributed by atoms with Crippen molar-refractivity contribution in [2.75, 3.05) is 13.1 Å². The highest BCUT2D eigenvalue weighted by Gasteiger charge is 2.31. The zero-order valence-electron chi connectivity index (χ0n) is 12.5. The first kappa shape index (κ1) is 14.4. The molecular formula is C15H26N4. The molecule has 2 heterocycles. The number of hydrogen-bond acceptors (Lipinski definition) is 4. The van der Waals surface area contributed by atoms with Crippen LogP contribution in [0, 0.1) is 11.8 Å². The Morgan fingerprint density at radius 3 is 2.68 bits per heavy atom. The van der Waals surface area contributed by atoms with E-state index in [0.717, 1.165) is 25.3 Å². The van der Waals surface area contributed by atoms with E-state index in [1.165, 1.54) is 0 Å². The van der Waals surface area contributed by atoms with Crippen molar-refractivity contribution in [3.63, 3.8) is 0 Å². The molecule has 19 heavy (non-hydrogen) atoms. The maximum Gasteiger partial charge on any atom is 0.0771 e. The molecule has 1 aromatic heterocycles. The van der Waals surface area contributed by atoms with Crippen LogP contribution in [0.2, 0.25) is 0 Å². The molecular weight excluding hydrogens is 236 g/mol. The molecule has 1 aliphatic heterocycles. The summed E-state index contributed by atoms with van der Waals surface area (Å²) >= 11 is 0. The number of nitrogens with one attached hydrogen (secondary N) is 1. The molecule has 2 rings (SSSR count). The van der Waals surface area contributed by atoms with Crippen LogP contribution in [0.4, 0.5) is 0 Å². The number of nitrogens with zero attached hydrogens (tertiary/aromatic N) is 3. The molecule has 1 N–H and O–H groups in total. The molecule has 0 amide bonds. The fourth-order valence-corrected chi connectivity index (χ4v) is 2.77. The molecule has 1 saturated heterocycles. The smallest absolute Gasteiger partial charge is 0.0771 e. The number of rotatable bonds is 4. The number of piperazine rings is 1. The van der Waals surface area contributed by atoms with Crippen LogP contribution in [-0.4, -0.2) is 40.3 Å². The molecule has 0 aliphatic carbocycles. The van der Waals surface area contributed by atoms with E-state index in [1.54, 1.807) is 6.20 Å². The second-order valence-corrected chi connectivity index (χ2v) is 6.21. The van der Waals surface area contributed by atoms with E-state index in [1.807, 2.05) is 6.07 Å². The summed E-state index contributed by atoms with van der Waals surface area (Å²) in [7, 11) is 0. The first-order chi connectivity index (χ1) is 9.08. The van der Waals surface area contributed by atoms with Crippen molar-refractivity contribution in [1.82, 2.24) is 20.4 Å². The Labute approximate surface area is 116 Å². The van der Waals surface area contributed by atoms with Gasteiger partial charge in [-0.25, -0.2) is 0 Å². The van der Waals surface area contributed by atoms with Gasteiger partial charge in [0.25, 0.3) is 0 Å². The van der Waals surface area contributed by atoms with Crippen LogP contribution in [0.1, 0.15) is 33.4 Å². The second-order valence-electron chi connectivity index (χ2n) is 6.21. The van der Waals surface area contributed by atoms with E-state index in [4.69, 9.17) is 0 Å². The highest BCUT2D eigenvalue weighted by atomic mass is 15.2. The molecule has 1 fully saturated rings. The van der Waals surface area contributed by atoms with Gasteiger partial charge in [0.05, 0.1) is 5.69 Å². The summed E-state index contributed by atoms with van der Waals surface area (Å²) in [4.78, 5) is 2.57. The van der Waals surface area contributed by atoms with Crippen LogP contribution in [0.3, 0.4) is 0 Å². The van der Waals surface area contributed by atoms with Gasteiger partial charge in [0.2, 0.25) is 0 Å². The third kappa shape index (κ3) is 3.74. The van der Waals surface area contributed by atoms with Gasteiger partial charge in [-0.3, -0.25) is 4.90 Å². The Morgan fingerprint density at radius 1 is 1.32 bits per heavy atom. The summed E-state index contributed by atoms with van der Waals surface area (Å²) in [5.74, 6) is 1.31. The van der Waals surface area contributed by atoms with Crippen molar-refractivity contribution in [2.24, 2.45) is 11.8 Å². The van der Waals surface area contributed by atoms with Crippen molar-refractivity contribution in [3.05, 3.63) is 24.0 Å². The Morgan fingerprint density at radius 2 is 2.11 bits per heavy atom. The Balaban J connectivity index is 2.07. The Bertz CT molecular complexity index is 377. The van der Waals surface area contributed by atoms with Crippen LogP contribution in [0.15, 0.2) is 18.3 Å². The average Bonchev–Trinajstić information content (AvgIpc) is 2.39. The quantitative estimate of drug-likeness (QED) is 0.900. The van der Waals surface area contributed by atoms with Crippen molar-refractivity contribution >= 4 is 0 Å². The minimum Gasteiger partial charge on any atom is -0.311 e. The number of aromatic nitrogens is 2. The Kier molecular flexibility index (Phi) is 4.88. The maximum atomic E-state index is 4.22. The SMILES string of the molecule is CC(C)C1CN(Cc2cccnn2)C(C(C)C)CN1. The molecule has 0 spiro atoms. The van der Waals surface area contributed by atoms with Gasteiger partial charge in [0.15, 0.2) is 0 Å². The van der Waals surface area contributed by atoms with E-state index in [2.05, 4.69) is 54.2 Å². The predicted molar refractivity (Wildman–Crippen MR) is 77.7 cm³/mol. The van der Waals surface area contributed by atoms with Gasteiger partial charge in [-0.1, -0.05) is 27.7 Å². The largest absolute Gasteiger partial charge is 0.311 e. The molecule has 0 saturated carbocycles. The first-order valence-corrected chi connectivity index (χ1v) is 7.32. The summed E-state index contributed by atoms with van der Waals surface area (Å²) in [6.45, 7) is 12.2. The molecule has 0 bridgehead atoms. The van der Waals surface area contributed by atoms with E-state index < -0.39 is 0 Å². The van der Waals surface area contributed by atoms with E-state index in [9.17, 15) is 0 Å². The predicted octanol–water partition coefficient (Wildman–Crippen LogP) is 1.93. The lowest BCUT2D eigenvalue weighted by atomic mass is 9.94. The van der Waals surface area contributed by atoms with E-state index in [0.29, 0.717) is 23.9 Å². The van der Waals surface area contributed by atoms with Gasteiger partial charge in [0.1, 0.15) is 0 Å². The summed E-state index contributed by atoms with van der Waals surface area (Å²) in [5.41, 5.74) is 1.07. The van der Waals surface area contributed by atoms with Gasteiger partial charge in [0, 0.05) is 37.9 Å². The van der Waals surface area contributed by atoms with Crippen molar-refractivity contribution in [3.8, 4) is 0 Å². The van der Waals surface area contributed by atoms with Crippen LogP contribution in [-0.2, 0) is 6.54 Å². The lowest BCUT2D eigenvalue weighted by Crippen LogP contribution is -2.59. The molecule has 1 aromatic rings. The van der Waals surface area contributed by atoms with Crippen LogP contribution < -0.4 is 5.32 Å². The van der Waals surface area contributed by atoms with Gasteiger partial charge in [-0.15, -0.1) is 0 Å². The minimum absolute atomic E-state index is 0.576. The third-order valence-electron chi connectivity index (χ3n) is 4.06. The van der Waals surface area contributed by atoms with Crippen LogP contribution in [0.25, 0.3) is 0 Å². The summed E-state index contributed by atoms with van der Waals surface area (Å²) in [5, 5.41) is 11.9. The molecule has 0 aromatic carbocycles. The maximum absolute atomic E-state index is 4.22. The average molecular weight is 262 g/mol. The van der Waals surface area contributed by atoms with Gasteiger partial charge >= 0.3 is 0 Å². The molecule has 2 atom stereocenters. The zero-order chi connectivity index (χ0) is 13.8. The van der Waals surface area contributed by atoms with Crippen molar-refractivity contribution in [2.45, 2.75) is 46.3 Å². The molecule has 106 valence electrons. The minimum atomic E-state index is 0.576. The highest BCUT2D eigenvalue weighted by Crippen LogP contribution is 2.20. The Hall–Kier alpha value is -1.00. The lowest BCUT2D eigenvalue weighted by Gasteiger charge is -2.43. The molecule has 4 heteroatoms. The third-order valence-corrected chi connectivity index (χ3v) is 4.06. The topological polar surface area (TPSA) is 41.1 Å². The van der Waals surface area contributed by atoms with Crippen molar-refractivity contribution in [1.29, 1.82) is 0 Å². The van der Waals surface area contributed by atoms with Gasteiger partial charge in [-0.2, -0.15) is 10.2 Å².